The van der Waals surface area contributed by atoms with Gasteiger partial charge in [0.1, 0.15) is 4.49 Å². The highest BCUT2D eigenvalue weighted by Crippen LogP contribution is 2.17. The van der Waals surface area contributed by atoms with Crippen molar-refractivity contribution in [3.05, 3.63) is 10.6 Å². The van der Waals surface area contributed by atoms with Gasteiger partial charge in [0.25, 0.3) is 0 Å². The van der Waals surface area contributed by atoms with Crippen LogP contribution in [-0.4, -0.2) is 12.6 Å². The van der Waals surface area contributed by atoms with E-state index in [-0.39, 0.29) is 0 Å². The van der Waals surface area contributed by atoms with E-state index in [2.05, 4.69) is 5.32 Å². The lowest BCUT2D eigenvalue weighted by molar-refractivity contribution is 0.351. The van der Waals surface area contributed by atoms with Gasteiger partial charge in [0, 0.05) is 12.6 Å². The zero-order valence-corrected chi connectivity index (χ0v) is 7.25. The van der Waals surface area contributed by atoms with E-state index in [4.69, 9.17) is 23.2 Å². The van der Waals surface area contributed by atoms with E-state index in [1.165, 1.54) is 19.3 Å². The van der Waals surface area contributed by atoms with Crippen molar-refractivity contribution in [1.82, 2.24) is 5.32 Å². The first-order valence-electron chi connectivity index (χ1n) is 3.53. The molecule has 0 saturated heterocycles. The van der Waals surface area contributed by atoms with Gasteiger partial charge in [-0.25, -0.2) is 0 Å². The Morgan fingerprint density at radius 3 is 2.60 bits per heavy atom. The van der Waals surface area contributed by atoms with Gasteiger partial charge in [0.2, 0.25) is 0 Å². The summed E-state index contributed by atoms with van der Waals surface area (Å²) in [6.07, 6.45) is 5.74. The number of hydrogen-bond acceptors (Lipinski definition) is 1. The third-order valence-corrected chi connectivity index (χ3v) is 2.08. The van der Waals surface area contributed by atoms with Crippen molar-refractivity contribution in [2.75, 3.05) is 6.54 Å². The highest BCUT2D eigenvalue weighted by molar-refractivity contribution is 6.55. The molecule has 0 atom stereocenters. The van der Waals surface area contributed by atoms with Gasteiger partial charge >= 0.3 is 0 Å². The standard InChI is InChI=1S/C7H11Cl2N/c8-7(9)4-5-10-6-2-1-3-6/h4,6,10H,1-3,5H2. The van der Waals surface area contributed by atoms with Gasteiger partial charge in [-0.2, -0.15) is 0 Å². The molecule has 1 saturated carbocycles. The van der Waals surface area contributed by atoms with E-state index in [1.54, 1.807) is 6.08 Å². The van der Waals surface area contributed by atoms with Gasteiger partial charge in [-0.1, -0.05) is 29.6 Å². The molecule has 0 bridgehead atoms. The van der Waals surface area contributed by atoms with Crippen molar-refractivity contribution < 1.29 is 0 Å². The molecule has 0 unspecified atom stereocenters. The maximum absolute atomic E-state index is 5.41. The molecular weight excluding hydrogens is 169 g/mol. The van der Waals surface area contributed by atoms with Gasteiger partial charge in [-0.15, -0.1) is 0 Å². The molecule has 0 aromatic rings. The normalized spacial score (nSPS) is 18.2. The van der Waals surface area contributed by atoms with E-state index < -0.39 is 0 Å². The first kappa shape index (κ1) is 8.38. The van der Waals surface area contributed by atoms with Crippen molar-refractivity contribution in [3.8, 4) is 0 Å². The molecule has 1 aliphatic carbocycles. The monoisotopic (exact) mass is 179 g/mol. The number of nitrogens with one attached hydrogen (secondary N) is 1. The Kier molecular flexibility index (Phi) is 3.53. The quantitative estimate of drug-likeness (QED) is 0.703. The summed E-state index contributed by atoms with van der Waals surface area (Å²) in [6.45, 7) is 0.799. The van der Waals surface area contributed by atoms with Crippen LogP contribution in [0.3, 0.4) is 0 Å². The predicted octanol–water partition coefficient (Wildman–Crippen LogP) is 2.45. The van der Waals surface area contributed by atoms with Crippen LogP contribution in [-0.2, 0) is 0 Å². The minimum Gasteiger partial charge on any atom is -0.310 e. The molecule has 0 aromatic heterocycles. The minimum atomic E-state index is 0.354. The molecule has 0 radical (unpaired) electrons. The third-order valence-electron chi connectivity index (χ3n) is 1.77. The summed E-state index contributed by atoms with van der Waals surface area (Å²) >= 11 is 10.8. The van der Waals surface area contributed by atoms with Crippen LogP contribution in [0.5, 0.6) is 0 Å². The van der Waals surface area contributed by atoms with E-state index >= 15 is 0 Å². The molecular formula is C7H11Cl2N. The average molecular weight is 180 g/mol. The molecule has 1 fully saturated rings. The molecule has 3 heteroatoms. The summed E-state index contributed by atoms with van der Waals surface area (Å²) in [6, 6.07) is 0.712. The maximum atomic E-state index is 5.41. The van der Waals surface area contributed by atoms with Crippen LogP contribution in [0.25, 0.3) is 0 Å². The van der Waals surface area contributed by atoms with E-state index in [0.717, 1.165) is 6.54 Å². The molecule has 0 aliphatic heterocycles. The third kappa shape index (κ3) is 2.91. The fourth-order valence-electron chi connectivity index (χ4n) is 0.915. The van der Waals surface area contributed by atoms with Crippen LogP contribution in [0.4, 0.5) is 0 Å². The van der Waals surface area contributed by atoms with Crippen LogP contribution in [0.15, 0.2) is 10.6 Å². The predicted molar refractivity (Wildman–Crippen MR) is 45.4 cm³/mol. The van der Waals surface area contributed by atoms with E-state index in [9.17, 15) is 0 Å². The summed E-state index contributed by atoms with van der Waals surface area (Å²) in [7, 11) is 0. The Hall–Kier alpha value is 0.280. The second kappa shape index (κ2) is 4.22. The van der Waals surface area contributed by atoms with Crippen molar-refractivity contribution in [1.29, 1.82) is 0 Å². The molecule has 58 valence electrons. The summed E-state index contributed by atoms with van der Waals surface area (Å²) < 4.78 is 0.354. The Labute approximate surface area is 71.4 Å². The average Bonchev–Trinajstić information content (AvgIpc) is 1.75. The van der Waals surface area contributed by atoms with Gasteiger partial charge in [0.15, 0.2) is 0 Å². The van der Waals surface area contributed by atoms with Gasteiger partial charge < -0.3 is 5.32 Å². The first-order valence-corrected chi connectivity index (χ1v) is 4.29. The zero-order valence-electron chi connectivity index (χ0n) is 5.74. The van der Waals surface area contributed by atoms with Crippen LogP contribution in [0, 0.1) is 0 Å². The van der Waals surface area contributed by atoms with Crippen molar-refractivity contribution in [2.45, 2.75) is 25.3 Å². The van der Waals surface area contributed by atoms with E-state index in [1.807, 2.05) is 0 Å². The highest BCUT2D eigenvalue weighted by Gasteiger charge is 2.14. The van der Waals surface area contributed by atoms with Gasteiger partial charge in [0.05, 0.1) is 0 Å². The molecule has 0 spiro atoms. The Morgan fingerprint density at radius 1 is 1.50 bits per heavy atom. The molecule has 10 heavy (non-hydrogen) atoms. The Balaban J connectivity index is 1.99. The molecule has 1 N–H and O–H groups in total. The summed E-state index contributed by atoms with van der Waals surface area (Å²) in [5, 5.41) is 3.31. The van der Waals surface area contributed by atoms with Crippen molar-refractivity contribution in [3.63, 3.8) is 0 Å². The van der Waals surface area contributed by atoms with Crippen molar-refractivity contribution >= 4 is 23.2 Å². The topological polar surface area (TPSA) is 12.0 Å². The smallest absolute Gasteiger partial charge is 0.104 e. The number of hydrogen-bond donors (Lipinski definition) is 1. The van der Waals surface area contributed by atoms with Crippen LogP contribution < -0.4 is 5.32 Å². The lowest BCUT2D eigenvalue weighted by atomic mass is 9.93. The first-order chi connectivity index (χ1) is 4.79. The lowest BCUT2D eigenvalue weighted by Crippen LogP contribution is -2.35. The number of halogens is 2. The molecule has 0 aromatic carbocycles. The Morgan fingerprint density at radius 2 is 2.20 bits per heavy atom. The van der Waals surface area contributed by atoms with Gasteiger partial charge in [-0.05, 0) is 18.9 Å². The minimum absolute atomic E-state index is 0.354. The van der Waals surface area contributed by atoms with Crippen molar-refractivity contribution in [2.24, 2.45) is 0 Å². The SMILES string of the molecule is ClC(Cl)=CCNC1CCC1. The second-order valence-electron chi connectivity index (χ2n) is 2.53. The van der Waals surface area contributed by atoms with Crippen LogP contribution in [0.2, 0.25) is 0 Å². The van der Waals surface area contributed by atoms with Crippen LogP contribution >= 0.6 is 23.2 Å². The van der Waals surface area contributed by atoms with Gasteiger partial charge in [-0.3, -0.25) is 0 Å². The zero-order chi connectivity index (χ0) is 7.40. The largest absolute Gasteiger partial charge is 0.310 e. The molecule has 0 heterocycles. The summed E-state index contributed by atoms with van der Waals surface area (Å²) in [5.41, 5.74) is 0. The van der Waals surface area contributed by atoms with E-state index in [0.29, 0.717) is 10.5 Å². The Bertz CT molecular complexity index is 126. The lowest BCUT2D eigenvalue weighted by Gasteiger charge is -2.25. The molecule has 1 aliphatic rings. The fourth-order valence-corrected chi connectivity index (χ4v) is 1.07. The second-order valence-corrected chi connectivity index (χ2v) is 3.54. The highest BCUT2D eigenvalue weighted by atomic mass is 35.5. The molecule has 1 nitrogen and oxygen atoms in total. The summed E-state index contributed by atoms with van der Waals surface area (Å²) in [4.78, 5) is 0. The molecule has 1 rings (SSSR count). The maximum Gasteiger partial charge on any atom is 0.104 e. The summed E-state index contributed by atoms with van der Waals surface area (Å²) in [5.74, 6) is 0. The fraction of sp³-hybridized carbons (Fsp3) is 0.714. The van der Waals surface area contributed by atoms with Crippen LogP contribution in [0.1, 0.15) is 19.3 Å². The molecule has 0 amide bonds. The number of rotatable bonds is 3.